The van der Waals surface area contributed by atoms with Gasteiger partial charge in [-0.3, -0.25) is 9.79 Å². The summed E-state index contributed by atoms with van der Waals surface area (Å²) in [6.45, 7) is 7.56. The number of hydrogen-bond acceptors (Lipinski definition) is 3. The van der Waals surface area contributed by atoms with Gasteiger partial charge >= 0.3 is 0 Å². The predicted molar refractivity (Wildman–Crippen MR) is 114 cm³/mol. The zero-order chi connectivity index (χ0) is 17.6. The molecule has 3 rings (SSSR count). The maximum absolute atomic E-state index is 12.1. The number of carbonyl (C=O) groups is 1. The molecule has 0 aromatic carbocycles. The van der Waals surface area contributed by atoms with Crippen molar-refractivity contribution in [1.82, 2.24) is 15.5 Å². The molecule has 2 aliphatic rings. The number of carbonyl (C=O) groups excluding carboxylic acids is 1. The second-order valence-electron chi connectivity index (χ2n) is 7.57. The normalized spacial score (nSPS) is 20.4. The van der Waals surface area contributed by atoms with Gasteiger partial charge in [-0.1, -0.05) is 13.8 Å². The Morgan fingerprint density at radius 3 is 2.85 bits per heavy atom. The molecular formula is C19H31IN4O2. The number of aliphatic imine (C=N–C) groups is 1. The van der Waals surface area contributed by atoms with Crippen molar-refractivity contribution in [2.75, 3.05) is 26.2 Å². The molecule has 1 aliphatic carbocycles. The summed E-state index contributed by atoms with van der Waals surface area (Å²) in [6.07, 6.45) is 5.55. The van der Waals surface area contributed by atoms with Gasteiger partial charge in [0, 0.05) is 51.0 Å². The second-order valence-corrected chi connectivity index (χ2v) is 7.57. The molecule has 0 spiro atoms. The number of guanidine groups is 1. The minimum Gasteiger partial charge on any atom is -0.469 e. The van der Waals surface area contributed by atoms with E-state index in [-0.39, 0.29) is 24.0 Å². The van der Waals surface area contributed by atoms with E-state index in [9.17, 15) is 4.79 Å². The molecule has 6 nitrogen and oxygen atoms in total. The average Bonchev–Trinajstić information content (AvgIpc) is 3.15. The van der Waals surface area contributed by atoms with Crippen molar-refractivity contribution in [2.24, 2.45) is 16.8 Å². The van der Waals surface area contributed by atoms with Crippen LogP contribution in [0.15, 0.2) is 27.8 Å². The molecule has 1 unspecified atom stereocenters. The Bertz CT molecular complexity index is 584. The van der Waals surface area contributed by atoms with Crippen LogP contribution in [0, 0.1) is 11.8 Å². The summed E-state index contributed by atoms with van der Waals surface area (Å²) in [7, 11) is 0. The van der Waals surface area contributed by atoms with Crippen LogP contribution in [0.2, 0.25) is 0 Å². The lowest BCUT2D eigenvalue weighted by molar-refractivity contribution is -0.128. The van der Waals surface area contributed by atoms with Crippen molar-refractivity contribution in [3.05, 3.63) is 24.2 Å². The fourth-order valence-electron chi connectivity index (χ4n) is 3.13. The fourth-order valence-corrected chi connectivity index (χ4v) is 3.13. The van der Waals surface area contributed by atoms with E-state index in [1.807, 2.05) is 12.1 Å². The molecule has 1 aromatic heterocycles. The SMILES string of the molecule is CC(C)CN=C(NCCc1ccco1)NCC1CC(=O)N(C2CC2)C1.I. The van der Waals surface area contributed by atoms with E-state index in [1.165, 1.54) is 12.8 Å². The van der Waals surface area contributed by atoms with E-state index >= 15 is 0 Å². The number of rotatable bonds is 8. The third-order valence-corrected chi connectivity index (χ3v) is 4.64. The van der Waals surface area contributed by atoms with Crippen LogP contribution in [0.4, 0.5) is 0 Å². The largest absolute Gasteiger partial charge is 0.469 e. The van der Waals surface area contributed by atoms with E-state index in [0.29, 0.717) is 30.2 Å². The van der Waals surface area contributed by atoms with E-state index in [4.69, 9.17) is 4.42 Å². The lowest BCUT2D eigenvalue weighted by Crippen LogP contribution is -2.41. The highest BCUT2D eigenvalue weighted by atomic mass is 127. The van der Waals surface area contributed by atoms with Gasteiger partial charge in [0.2, 0.25) is 5.91 Å². The van der Waals surface area contributed by atoms with Crippen LogP contribution in [-0.4, -0.2) is 49.0 Å². The standard InChI is InChI=1S/C19H30N4O2.HI/c1-14(2)11-21-19(20-8-7-17-4-3-9-25-17)22-12-15-10-18(24)23(13-15)16-5-6-16;/h3-4,9,14-16H,5-8,10-13H2,1-2H3,(H2,20,21,22);1H. The quantitative estimate of drug-likeness (QED) is 0.346. The first kappa shape index (κ1) is 21.1. The highest BCUT2D eigenvalue weighted by molar-refractivity contribution is 14.0. The molecule has 1 atom stereocenters. The Labute approximate surface area is 173 Å². The average molecular weight is 474 g/mol. The molecule has 26 heavy (non-hydrogen) atoms. The Morgan fingerprint density at radius 2 is 2.19 bits per heavy atom. The maximum atomic E-state index is 12.1. The molecule has 146 valence electrons. The lowest BCUT2D eigenvalue weighted by Gasteiger charge is -2.17. The summed E-state index contributed by atoms with van der Waals surface area (Å²) in [5, 5.41) is 6.80. The van der Waals surface area contributed by atoms with Gasteiger partial charge in [0.05, 0.1) is 6.26 Å². The molecule has 0 bridgehead atoms. The van der Waals surface area contributed by atoms with Crippen LogP contribution in [0.25, 0.3) is 0 Å². The van der Waals surface area contributed by atoms with Crippen molar-refractivity contribution in [1.29, 1.82) is 0 Å². The van der Waals surface area contributed by atoms with Crippen LogP contribution in [0.3, 0.4) is 0 Å². The van der Waals surface area contributed by atoms with Crippen LogP contribution in [0.1, 0.15) is 38.9 Å². The maximum Gasteiger partial charge on any atom is 0.223 e. The van der Waals surface area contributed by atoms with Gasteiger partial charge in [-0.15, -0.1) is 24.0 Å². The molecule has 2 heterocycles. The van der Waals surface area contributed by atoms with Gasteiger partial charge in [-0.05, 0) is 30.9 Å². The topological polar surface area (TPSA) is 69.9 Å². The first-order valence-electron chi connectivity index (χ1n) is 9.46. The molecule has 1 aromatic rings. The summed E-state index contributed by atoms with van der Waals surface area (Å²) in [6, 6.07) is 4.42. The van der Waals surface area contributed by atoms with Gasteiger partial charge in [0.15, 0.2) is 5.96 Å². The fraction of sp³-hybridized carbons (Fsp3) is 0.684. The van der Waals surface area contributed by atoms with E-state index in [0.717, 1.165) is 44.3 Å². The minimum absolute atomic E-state index is 0. The molecule has 2 N–H and O–H groups in total. The van der Waals surface area contributed by atoms with Crippen LogP contribution in [0.5, 0.6) is 0 Å². The molecule has 1 saturated heterocycles. The van der Waals surface area contributed by atoms with E-state index in [2.05, 4.69) is 34.4 Å². The number of halogens is 1. The van der Waals surface area contributed by atoms with E-state index < -0.39 is 0 Å². The predicted octanol–water partition coefficient (Wildman–Crippen LogP) is 2.64. The van der Waals surface area contributed by atoms with Crippen molar-refractivity contribution in [3.8, 4) is 0 Å². The van der Waals surface area contributed by atoms with Crippen molar-refractivity contribution in [3.63, 3.8) is 0 Å². The molecule has 1 saturated carbocycles. The second kappa shape index (κ2) is 10.2. The number of hydrogen-bond donors (Lipinski definition) is 2. The summed E-state index contributed by atoms with van der Waals surface area (Å²) in [5.41, 5.74) is 0. The third kappa shape index (κ3) is 6.48. The Hall–Kier alpha value is -1.25. The smallest absolute Gasteiger partial charge is 0.223 e. The summed E-state index contributed by atoms with van der Waals surface area (Å²) in [4.78, 5) is 18.8. The van der Waals surface area contributed by atoms with Crippen LogP contribution < -0.4 is 10.6 Å². The van der Waals surface area contributed by atoms with Gasteiger partial charge in [0.25, 0.3) is 0 Å². The van der Waals surface area contributed by atoms with Crippen molar-refractivity contribution in [2.45, 2.75) is 45.6 Å². The van der Waals surface area contributed by atoms with Crippen LogP contribution >= 0.6 is 24.0 Å². The minimum atomic E-state index is 0. The number of likely N-dealkylation sites (tertiary alicyclic amines) is 1. The Balaban J connectivity index is 0.00000243. The zero-order valence-electron chi connectivity index (χ0n) is 15.7. The molecule has 7 heteroatoms. The molecule has 1 amide bonds. The monoisotopic (exact) mass is 474 g/mol. The highest BCUT2D eigenvalue weighted by Gasteiger charge is 2.39. The van der Waals surface area contributed by atoms with E-state index in [1.54, 1.807) is 6.26 Å². The van der Waals surface area contributed by atoms with Gasteiger partial charge in [-0.25, -0.2) is 0 Å². The van der Waals surface area contributed by atoms with Crippen LogP contribution in [-0.2, 0) is 11.2 Å². The Morgan fingerprint density at radius 1 is 1.38 bits per heavy atom. The lowest BCUT2D eigenvalue weighted by atomic mass is 10.1. The summed E-state index contributed by atoms with van der Waals surface area (Å²) < 4.78 is 5.36. The number of amides is 1. The number of nitrogens with zero attached hydrogens (tertiary/aromatic N) is 2. The van der Waals surface area contributed by atoms with Gasteiger partial charge < -0.3 is 20.0 Å². The third-order valence-electron chi connectivity index (χ3n) is 4.64. The first-order chi connectivity index (χ1) is 12.1. The van der Waals surface area contributed by atoms with Gasteiger partial charge in [0.1, 0.15) is 5.76 Å². The summed E-state index contributed by atoms with van der Waals surface area (Å²) >= 11 is 0. The number of nitrogens with one attached hydrogen (secondary N) is 2. The number of furan rings is 1. The Kier molecular flexibility index (Phi) is 8.24. The molecule has 0 radical (unpaired) electrons. The highest BCUT2D eigenvalue weighted by Crippen LogP contribution is 2.32. The van der Waals surface area contributed by atoms with Crippen molar-refractivity contribution >= 4 is 35.8 Å². The van der Waals surface area contributed by atoms with Gasteiger partial charge in [-0.2, -0.15) is 0 Å². The molecular weight excluding hydrogens is 443 g/mol. The summed E-state index contributed by atoms with van der Waals surface area (Å²) in [5.74, 6) is 3.02. The molecule has 1 aliphatic heterocycles. The van der Waals surface area contributed by atoms with Crippen molar-refractivity contribution < 1.29 is 9.21 Å². The molecule has 2 fully saturated rings. The zero-order valence-corrected chi connectivity index (χ0v) is 18.1. The first-order valence-corrected chi connectivity index (χ1v) is 9.46.